The summed E-state index contributed by atoms with van der Waals surface area (Å²) in [7, 11) is 3.08. The van der Waals surface area contributed by atoms with Gasteiger partial charge in [0.2, 0.25) is 0 Å². The maximum atomic E-state index is 12.1. The van der Waals surface area contributed by atoms with E-state index in [2.05, 4.69) is 5.32 Å². The molecule has 122 valence electrons. The van der Waals surface area contributed by atoms with Gasteiger partial charge in [-0.3, -0.25) is 4.79 Å². The Hall–Kier alpha value is -2.52. The molecule has 0 spiro atoms. The number of rotatable bonds is 6. The maximum Gasteiger partial charge on any atom is 0.262 e. The van der Waals surface area contributed by atoms with Crippen molar-refractivity contribution in [1.82, 2.24) is 5.32 Å². The third-order valence-corrected chi connectivity index (χ3v) is 3.60. The Bertz CT molecular complexity index is 628. The van der Waals surface area contributed by atoms with Crippen molar-refractivity contribution in [1.29, 1.82) is 5.26 Å². The second-order valence-electron chi connectivity index (χ2n) is 5.13. The van der Waals surface area contributed by atoms with Gasteiger partial charge in [0.25, 0.3) is 5.91 Å². The fourth-order valence-electron chi connectivity index (χ4n) is 2.36. The molecule has 1 heterocycles. The zero-order valence-corrected chi connectivity index (χ0v) is 13.3. The summed E-state index contributed by atoms with van der Waals surface area (Å²) in [5.74, 6) is 0.724. The van der Waals surface area contributed by atoms with Gasteiger partial charge in [0.15, 0.2) is 11.5 Å². The Kier molecular flexibility index (Phi) is 6.01. The Morgan fingerprint density at radius 3 is 2.83 bits per heavy atom. The van der Waals surface area contributed by atoms with Gasteiger partial charge in [-0.25, -0.2) is 0 Å². The molecule has 0 saturated carbocycles. The molecule has 0 unspecified atom stereocenters. The number of ether oxygens (including phenoxy) is 3. The topological polar surface area (TPSA) is 80.6 Å². The summed E-state index contributed by atoms with van der Waals surface area (Å²) in [4.78, 5) is 12.1. The predicted octanol–water partition coefficient (Wildman–Crippen LogP) is 1.91. The Morgan fingerprint density at radius 2 is 2.22 bits per heavy atom. The zero-order chi connectivity index (χ0) is 16.7. The van der Waals surface area contributed by atoms with Gasteiger partial charge in [-0.1, -0.05) is 6.07 Å². The van der Waals surface area contributed by atoms with E-state index in [1.54, 1.807) is 25.3 Å². The summed E-state index contributed by atoms with van der Waals surface area (Å²) < 4.78 is 15.8. The highest BCUT2D eigenvalue weighted by molar-refractivity contribution is 6.01. The molecular weight excluding hydrogens is 296 g/mol. The summed E-state index contributed by atoms with van der Waals surface area (Å²) in [5.41, 5.74) is 0.724. The standard InChI is InChI=1S/C17H20N2O4/c1-21-15-6-5-12(9-16(15)22-2)8-13(10-18)17(20)19-11-14-4-3-7-23-14/h5-6,8-9,14H,3-4,7,11H2,1-2H3,(H,19,20)/b13-8-/t14-/m0/s1. The van der Waals surface area contributed by atoms with Gasteiger partial charge in [0.05, 0.1) is 20.3 Å². The Morgan fingerprint density at radius 1 is 1.43 bits per heavy atom. The van der Waals surface area contributed by atoms with E-state index in [4.69, 9.17) is 14.2 Å². The van der Waals surface area contributed by atoms with Crippen molar-refractivity contribution in [2.45, 2.75) is 18.9 Å². The quantitative estimate of drug-likeness (QED) is 0.640. The van der Waals surface area contributed by atoms with Crippen molar-refractivity contribution < 1.29 is 19.0 Å². The summed E-state index contributed by atoms with van der Waals surface area (Å²) in [5, 5.41) is 11.9. The molecule has 1 aromatic rings. The molecule has 0 aliphatic carbocycles. The van der Waals surface area contributed by atoms with Crippen LogP contribution in [-0.4, -0.2) is 39.4 Å². The fourth-order valence-corrected chi connectivity index (χ4v) is 2.36. The summed E-state index contributed by atoms with van der Waals surface area (Å²) in [6, 6.07) is 7.12. The van der Waals surface area contributed by atoms with Crippen LogP contribution in [0.3, 0.4) is 0 Å². The molecule has 23 heavy (non-hydrogen) atoms. The zero-order valence-electron chi connectivity index (χ0n) is 13.3. The lowest BCUT2D eigenvalue weighted by atomic mass is 10.1. The molecule has 1 saturated heterocycles. The first-order chi connectivity index (χ1) is 11.2. The van der Waals surface area contributed by atoms with E-state index in [-0.39, 0.29) is 11.7 Å². The number of nitrogens with one attached hydrogen (secondary N) is 1. The van der Waals surface area contributed by atoms with Crippen LogP contribution in [0.4, 0.5) is 0 Å². The minimum absolute atomic E-state index is 0.0372. The van der Waals surface area contributed by atoms with Gasteiger partial charge in [-0.2, -0.15) is 5.26 Å². The van der Waals surface area contributed by atoms with Crippen LogP contribution in [0.1, 0.15) is 18.4 Å². The van der Waals surface area contributed by atoms with Crippen molar-refractivity contribution >= 4 is 12.0 Å². The third kappa shape index (κ3) is 4.47. The summed E-state index contributed by atoms with van der Waals surface area (Å²) >= 11 is 0. The number of benzene rings is 1. The van der Waals surface area contributed by atoms with Crippen LogP contribution in [0.2, 0.25) is 0 Å². The van der Waals surface area contributed by atoms with Crippen molar-refractivity contribution in [2.24, 2.45) is 0 Å². The van der Waals surface area contributed by atoms with E-state index >= 15 is 0 Å². The first-order valence-corrected chi connectivity index (χ1v) is 7.41. The first kappa shape index (κ1) is 16.8. The number of amides is 1. The van der Waals surface area contributed by atoms with Crippen molar-refractivity contribution in [3.8, 4) is 17.6 Å². The normalized spacial score (nSPS) is 17.4. The molecule has 2 rings (SSSR count). The van der Waals surface area contributed by atoms with E-state index in [0.717, 1.165) is 19.4 Å². The Balaban J connectivity index is 2.08. The van der Waals surface area contributed by atoms with Crippen molar-refractivity contribution in [3.63, 3.8) is 0 Å². The monoisotopic (exact) mass is 316 g/mol. The van der Waals surface area contributed by atoms with E-state index in [1.807, 2.05) is 6.07 Å². The molecule has 1 fully saturated rings. The number of carbonyl (C=O) groups excluding carboxylic acids is 1. The number of methoxy groups -OCH3 is 2. The van der Waals surface area contributed by atoms with Crippen LogP contribution in [0.15, 0.2) is 23.8 Å². The molecule has 1 amide bonds. The minimum atomic E-state index is -0.405. The highest BCUT2D eigenvalue weighted by Crippen LogP contribution is 2.28. The predicted molar refractivity (Wildman–Crippen MR) is 85.1 cm³/mol. The number of hydrogen-bond donors (Lipinski definition) is 1. The highest BCUT2D eigenvalue weighted by atomic mass is 16.5. The largest absolute Gasteiger partial charge is 0.493 e. The molecule has 0 radical (unpaired) electrons. The average molecular weight is 316 g/mol. The van der Waals surface area contributed by atoms with Crippen LogP contribution in [0.25, 0.3) is 6.08 Å². The molecule has 1 aromatic carbocycles. The van der Waals surface area contributed by atoms with Gasteiger partial charge in [0.1, 0.15) is 11.6 Å². The van der Waals surface area contributed by atoms with E-state index < -0.39 is 5.91 Å². The lowest BCUT2D eigenvalue weighted by molar-refractivity contribution is -0.117. The van der Waals surface area contributed by atoms with Crippen LogP contribution in [0, 0.1) is 11.3 Å². The highest BCUT2D eigenvalue weighted by Gasteiger charge is 2.17. The van der Waals surface area contributed by atoms with Gasteiger partial charge >= 0.3 is 0 Å². The van der Waals surface area contributed by atoms with E-state index in [9.17, 15) is 10.1 Å². The number of nitrogens with zero attached hydrogens (tertiary/aromatic N) is 1. The van der Waals surface area contributed by atoms with Gasteiger partial charge < -0.3 is 19.5 Å². The maximum absolute atomic E-state index is 12.1. The lowest BCUT2D eigenvalue weighted by Crippen LogP contribution is -2.32. The van der Waals surface area contributed by atoms with Gasteiger partial charge in [-0.05, 0) is 36.6 Å². The molecule has 1 N–H and O–H groups in total. The second-order valence-corrected chi connectivity index (χ2v) is 5.13. The van der Waals surface area contributed by atoms with Crippen molar-refractivity contribution in [2.75, 3.05) is 27.4 Å². The third-order valence-electron chi connectivity index (χ3n) is 3.60. The average Bonchev–Trinajstić information content (AvgIpc) is 3.10. The minimum Gasteiger partial charge on any atom is -0.493 e. The molecule has 6 heteroatoms. The van der Waals surface area contributed by atoms with Crippen LogP contribution in [-0.2, 0) is 9.53 Å². The van der Waals surface area contributed by atoms with Gasteiger partial charge in [-0.15, -0.1) is 0 Å². The Labute approximate surface area is 135 Å². The molecule has 0 aromatic heterocycles. The SMILES string of the molecule is COc1ccc(/C=C(/C#N)C(=O)NC[C@@H]2CCCO2)cc1OC. The number of nitriles is 1. The molecule has 0 bridgehead atoms. The van der Waals surface area contributed by atoms with Crippen LogP contribution in [0.5, 0.6) is 11.5 Å². The number of carbonyl (C=O) groups is 1. The van der Waals surface area contributed by atoms with Crippen LogP contribution >= 0.6 is 0 Å². The van der Waals surface area contributed by atoms with E-state index in [1.165, 1.54) is 13.2 Å². The lowest BCUT2D eigenvalue weighted by Gasteiger charge is -2.10. The fraction of sp³-hybridized carbons (Fsp3) is 0.412. The number of hydrogen-bond acceptors (Lipinski definition) is 5. The van der Waals surface area contributed by atoms with E-state index in [0.29, 0.717) is 23.6 Å². The smallest absolute Gasteiger partial charge is 0.262 e. The molecule has 1 atom stereocenters. The van der Waals surface area contributed by atoms with Crippen molar-refractivity contribution in [3.05, 3.63) is 29.3 Å². The summed E-state index contributed by atoms with van der Waals surface area (Å²) in [6.45, 7) is 1.15. The summed E-state index contributed by atoms with van der Waals surface area (Å²) in [6.07, 6.45) is 3.50. The molecule has 6 nitrogen and oxygen atoms in total. The molecular formula is C17H20N2O4. The molecule has 1 aliphatic heterocycles. The second kappa shape index (κ2) is 8.20. The van der Waals surface area contributed by atoms with Gasteiger partial charge in [0, 0.05) is 13.2 Å². The molecule has 1 aliphatic rings. The van der Waals surface area contributed by atoms with Crippen LogP contribution < -0.4 is 14.8 Å². The first-order valence-electron chi connectivity index (χ1n) is 7.41.